The Morgan fingerprint density at radius 2 is 2.06 bits per heavy atom. The number of halogens is 1. The quantitative estimate of drug-likeness (QED) is 0.519. The van der Waals surface area contributed by atoms with Crippen LogP contribution in [0.5, 0.6) is 6.01 Å². The van der Waals surface area contributed by atoms with Crippen molar-refractivity contribution in [3.8, 4) is 6.01 Å². The molecule has 3 saturated heterocycles. The molecule has 2 bridgehead atoms. The minimum atomic E-state index is -1.82. The van der Waals surface area contributed by atoms with Crippen LogP contribution in [0.3, 0.4) is 0 Å². The average Bonchev–Trinajstić information content (AvgIpc) is 3.46. The largest absolute Gasteiger partial charge is 0.464 e. The van der Waals surface area contributed by atoms with Gasteiger partial charge in [0, 0.05) is 31.1 Å². The lowest BCUT2D eigenvalue weighted by Gasteiger charge is -2.44. The first-order valence-corrected chi connectivity index (χ1v) is 12.5. The van der Waals surface area contributed by atoms with E-state index in [-0.39, 0.29) is 18.4 Å². The second-order valence-electron chi connectivity index (χ2n) is 9.90. The third-order valence-corrected chi connectivity index (χ3v) is 7.51. The van der Waals surface area contributed by atoms with Gasteiger partial charge in [-0.3, -0.25) is 9.67 Å². The van der Waals surface area contributed by atoms with E-state index < -0.39 is 5.67 Å². The van der Waals surface area contributed by atoms with Gasteiger partial charge in [0.15, 0.2) is 11.5 Å². The fourth-order valence-corrected chi connectivity index (χ4v) is 5.72. The molecule has 0 spiro atoms. The highest BCUT2D eigenvalue weighted by Gasteiger charge is 2.37. The molecule has 1 unspecified atom stereocenters. The first-order chi connectivity index (χ1) is 17.0. The Kier molecular flexibility index (Phi) is 5.63. The molecule has 0 saturated carbocycles. The molecule has 35 heavy (non-hydrogen) atoms. The maximum Gasteiger partial charge on any atom is 0.318 e. The van der Waals surface area contributed by atoms with Crippen LogP contribution in [-0.4, -0.2) is 73.2 Å². The predicted molar refractivity (Wildman–Crippen MR) is 130 cm³/mol. The first-order valence-electron chi connectivity index (χ1n) is 12.5. The van der Waals surface area contributed by atoms with Crippen LogP contribution in [0.2, 0.25) is 0 Å². The van der Waals surface area contributed by atoms with Crippen molar-refractivity contribution in [1.82, 2.24) is 34.2 Å². The first kappa shape index (κ1) is 22.3. The van der Waals surface area contributed by atoms with Gasteiger partial charge in [-0.15, -0.1) is 0 Å². The van der Waals surface area contributed by atoms with E-state index in [9.17, 15) is 0 Å². The van der Waals surface area contributed by atoms with Gasteiger partial charge in [0.1, 0.15) is 5.52 Å². The van der Waals surface area contributed by atoms with Gasteiger partial charge in [-0.2, -0.15) is 15.1 Å². The number of hydrogen-bond donors (Lipinski definition) is 0. The average molecular weight is 479 g/mol. The van der Waals surface area contributed by atoms with E-state index in [2.05, 4.69) is 36.1 Å². The van der Waals surface area contributed by atoms with E-state index in [1.807, 2.05) is 29.3 Å². The van der Waals surface area contributed by atoms with E-state index in [1.54, 1.807) is 12.3 Å². The molecule has 2 atom stereocenters. The number of aryl methyl sites for hydroxylation is 1. The Morgan fingerprint density at radius 1 is 1.20 bits per heavy atom. The predicted octanol–water partition coefficient (Wildman–Crippen LogP) is 2.93. The van der Waals surface area contributed by atoms with E-state index in [0.717, 1.165) is 24.6 Å². The zero-order valence-corrected chi connectivity index (χ0v) is 20.3. The molecule has 3 fully saturated rings. The molecule has 9 nitrogen and oxygen atoms in total. The molecule has 0 amide bonds. The van der Waals surface area contributed by atoms with E-state index in [4.69, 9.17) is 4.74 Å². The minimum absolute atomic E-state index is 0.0174. The summed E-state index contributed by atoms with van der Waals surface area (Å²) in [5.41, 5.74) is 0.944. The van der Waals surface area contributed by atoms with Crippen LogP contribution < -0.4 is 4.74 Å². The highest BCUT2D eigenvalue weighted by Crippen LogP contribution is 2.34. The number of nitrogens with zero attached hydrogens (tertiary/aromatic N) is 8. The molecular formula is C25H31FN8O. The Labute approximate surface area is 203 Å². The topological polar surface area (TPSA) is 86.2 Å². The minimum Gasteiger partial charge on any atom is -0.464 e. The Morgan fingerprint density at radius 3 is 2.77 bits per heavy atom. The van der Waals surface area contributed by atoms with Gasteiger partial charge < -0.3 is 14.2 Å². The second-order valence-corrected chi connectivity index (χ2v) is 9.90. The maximum absolute atomic E-state index is 16.1. The summed E-state index contributed by atoms with van der Waals surface area (Å²) in [4.78, 5) is 20.4. The summed E-state index contributed by atoms with van der Waals surface area (Å²) in [6.07, 6.45) is 11.3. The standard InChI is InChI=1S/C25H31FN8O/c1-3-35-24-29-17(2)21-22(31-24)34(23(30-21)25(26)7-4-8-27-16-25)13-18-11-28-33(12-18)15-20-14-32-9-5-19(20)6-10-32/h4,7-8,11-12,19-20H,3,5-6,9-10,13-16H2,1-2H3/t20-,25?/m0/s1. The van der Waals surface area contributed by atoms with Crippen molar-refractivity contribution >= 4 is 17.4 Å². The van der Waals surface area contributed by atoms with Crippen molar-refractivity contribution in [3.63, 3.8) is 0 Å². The van der Waals surface area contributed by atoms with Gasteiger partial charge in [-0.1, -0.05) is 0 Å². The number of piperidine rings is 3. The number of aliphatic imine (C=N–C) groups is 1. The fraction of sp³-hybridized carbons (Fsp3) is 0.560. The molecule has 0 radical (unpaired) electrons. The van der Waals surface area contributed by atoms with Crippen molar-refractivity contribution in [2.24, 2.45) is 16.8 Å². The molecule has 10 heteroatoms. The summed E-state index contributed by atoms with van der Waals surface area (Å²) in [7, 11) is 0. The van der Waals surface area contributed by atoms with Crippen LogP contribution in [0, 0.1) is 18.8 Å². The second kappa shape index (κ2) is 8.82. The molecule has 7 heterocycles. The molecule has 7 rings (SSSR count). The number of fused-ring (bicyclic) bond motifs is 4. The number of dihydropyridines is 1. The third-order valence-electron chi connectivity index (χ3n) is 7.51. The van der Waals surface area contributed by atoms with Crippen molar-refractivity contribution < 1.29 is 9.13 Å². The summed E-state index contributed by atoms with van der Waals surface area (Å²) < 4.78 is 25.5. The van der Waals surface area contributed by atoms with Crippen LogP contribution in [0.25, 0.3) is 11.2 Å². The van der Waals surface area contributed by atoms with Crippen molar-refractivity contribution in [2.75, 3.05) is 32.8 Å². The molecule has 0 N–H and O–H groups in total. The van der Waals surface area contributed by atoms with Crippen molar-refractivity contribution in [1.29, 1.82) is 0 Å². The van der Waals surface area contributed by atoms with Crippen LogP contribution in [0.1, 0.15) is 36.8 Å². The molecule has 184 valence electrons. The van der Waals surface area contributed by atoms with Gasteiger partial charge >= 0.3 is 6.01 Å². The summed E-state index contributed by atoms with van der Waals surface area (Å²) in [6, 6.07) is 0.272. The maximum atomic E-state index is 16.1. The van der Waals surface area contributed by atoms with Crippen LogP contribution >= 0.6 is 0 Å². The zero-order chi connectivity index (χ0) is 24.0. The number of hydrogen-bond acceptors (Lipinski definition) is 7. The Balaban J connectivity index is 1.34. The van der Waals surface area contributed by atoms with E-state index in [1.165, 1.54) is 32.0 Å². The summed E-state index contributed by atoms with van der Waals surface area (Å²) >= 11 is 0. The number of aromatic nitrogens is 6. The van der Waals surface area contributed by atoms with Gasteiger partial charge in [0.25, 0.3) is 0 Å². The fourth-order valence-electron chi connectivity index (χ4n) is 5.72. The molecule has 3 aromatic heterocycles. The molecule has 3 aromatic rings. The van der Waals surface area contributed by atoms with Crippen molar-refractivity contribution in [3.05, 3.63) is 41.6 Å². The van der Waals surface area contributed by atoms with Gasteiger partial charge in [0.2, 0.25) is 5.67 Å². The lowest BCUT2D eigenvalue weighted by Crippen LogP contribution is -2.48. The van der Waals surface area contributed by atoms with Crippen LogP contribution in [0.15, 0.2) is 29.5 Å². The number of alkyl halides is 1. The summed E-state index contributed by atoms with van der Waals surface area (Å²) in [5.74, 6) is 1.70. The monoisotopic (exact) mass is 478 g/mol. The molecule has 0 aliphatic carbocycles. The normalized spacial score (nSPS) is 27.7. The smallest absolute Gasteiger partial charge is 0.318 e. The third kappa shape index (κ3) is 4.13. The van der Waals surface area contributed by atoms with Gasteiger partial charge in [-0.05, 0) is 63.8 Å². The highest BCUT2D eigenvalue weighted by molar-refractivity contribution is 5.76. The van der Waals surface area contributed by atoms with E-state index in [0.29, 0.717) is 35.9 Å². The zero-order valence-electron chi connectivity index (χ0n) is 20.3. The van der Waals surface area contributed by atoms with E-state index >= 15 is 4.39 Å². The highest BCUT2D eigenvalue weighted by atomic mass is 19.1. The van der Waals surface area contributed by atoms with Gasteiger partial charge in [-0.25, -0.2) is 9.37 Å². The lowest BCUT2D eigenvalue weighted by molar-refractivity contribution is 0.0405. The number of allylic oxidation sites excluding steroid dienone is 1. The van der Waals surface area contributed by atoms with Crippen LogP contribution in [0.4, 0.5) is 4.39 Å². The number of imidazole rings is 1. The summed E-state index contributed by atoms with van der Waals surface area (Å²) in [5, 5.41) is 4.65. The van der Waals surface area contributed by atoms with Gasteiger partial charge in [0.05, 0.1) is 31.6 Å². The number of ether oxygens (including phenoxy) is 1. The molecule has 4 aliphatic rings. The molecule has 4 aliphatic heterocycles. The Hall–Kier alpha value is -3.14. The van der Waals surface area contributed by atoms with Crippen molar-refractivity contribution in [2.45, 2.75) is 45.4 Å². The number of rotatable bonds is 7. The molecule has 0 aromatic carbocycles. The van der Waals surface area contributed by atoms with Crippen LogP contribution in [-0.2, 0) is 18.8 Å². The SMILES string of the molecule is CCOc1nc(C)c2nc(C3(F)C=CC=NC3)n(Cc3cnn(C[C@@H]4CN5CCC4CC5)c3)c2n1. The Bertz CT molecular complexity index is 1290. The lowest BCUT2D eigenvalue weighted by atomic mass is 9.79. The summed E-state index contributed by atoms with van der Waals surface area (Å²) in [6.45, 7) is 9.10. The molecular weight excluding hydrogens is 447 g/mol.